The molecule has 0 saturated heterocycles. The molecule has 7 heteroatoms. The van der Waals surface area contributed by atoms with Gasteiger partial charge < -0.3 is 21.3 Å². The summed E-state index contributed by atoms with van der Waals surface area (Å²) in [7, 11) is 0. The molecule has 1 aromatic carbocycles. The number of rotatable bonds is 6. The van der Waals surface area contributed by atoms with Crippen molar-refractivity contribution in [2.24, 2.45) is 5.73 Å². The summed E-state index contributed by atoms with van der Waals surface area (Å²) in [5, 5.41) is 5.42. The second kappa shape index (κ2) is 7.56. The third-order valence-electron chi connectivity index (χ3n) is 3.34. The van der Waals surface area contributed by atoms with Gasteiger partial charge in [0.2, 0.25) is 17.7 Å². The normalized spacial score (nSPS) is 13.3. The number of fused-ring (bicyclic) bond motifs is 1. The Labute approximate surface area is 128 Å². The van der Waals surface area contributed by atoms with Gasteiger partial charge in [0.1, 0.15) is 6.54 Å². The maximum Gasteiger partial charge on any atom is 0.244 e. The van der Waals surface area contributed by atoms with E-state index in [9.17, 15) is 14.4 Å². The lowest BCUT2D eigenvalue weighted by Gasteiger charge is -2.29. The molecule has 1 aliphatic rings. The molecule has 7 nitrogen and oxygen atoms in total. The van der Waals surface area contributed by atoms with Crippen molar-refractivity contribution in [1.29, 1.82) is 0 Å². The predicted octanol–water partition coefficient (Wildman–Crippen LogP) is 0.217. The lowest BCUT2D eigenvalue weighted by molar-refractivity contribution is -0.125. The maximum atomic E-state index is 12.3. The van der Waals surface area contributed by atoms with E-state index < -0.39 is 0 Å². The maximum absolute atomic E-state index is 12.3. The zero-order valence-corrected chi connectivity index (χ0v) is 12.3. The molecule has 22 heavy (non-hydrogen) atoms. The van der Waals surface area contributed by atoms with Crippen LogP contribution in [0.2, 0.25) is 0 Å². The number of nitrogens with two attached hydrogens (primary N) is 1. The molecule has 2 rings (SSSR count). The molecular weight excluding hydrogens is 284 g/mol. The van der Waals surface area contributed by atoms with Crippen molar-refractivity contribution < 1.29 is 14.4 Å². The van der Waals surface area contributed by atoms with Gasteiger partial charge in [-0.15, -0.1) is 0 Å². The molecule has 0 aliphatic carbocycles. The Morgan fingerprint density at radius 3 is 2.82 bits per heavy atom. The SMILES string of the molecule is NCCCNC(=O)CCC(=O)N1CC(=O)Nc2ccccc21. The molecule has 4 N–H and O–H groups in total. The van der Waals surface area contributed by atoms with Crippen LogP contribution in [0.5, 0.6) is 0 Å². The summed E-state index contributed by atoms with van der Waals surface area (Å²) in [5.74, 6) is -0.660. The molecule has 0 unspecified atom stereocenters. The van der Waals surface area contributed by atoms with Crippen LogP contribution in [0.15, 0.2) is 24.3 Å². The highest BCUT2D eigenvalue weighted by atomic mass is 16.2. The quantitative estimate of drug-likeness (QED) is 0.654. The molecule has 3 amide bonds. The van der Waals surface area contributed by atoms with E-state index in [0.717, 1.165) is 0 Å². The minimum atomic E-state index is -0.240. The van der Waals surface area contributed by atoms with Gasteiger partial charge in [-0.25, -0.2) is 0 Å². The van der Waals surface area contributed by atoms with E-state index in [1.54, 1.807) is 24.3 Å². The standard InChI is InChI=1S/C15H20N4O3/c16-8-3-9-17-13(20)6-7-15(22)19-10-14(21)18-11-4-1-2-5-12(11)19/h1-2,4-5H,3,6-10,16H2,(H,17,20)(H,18,21). The highest BCUT2D eigenvalue weighted by Crippen LogP contribution is 2.29. The van der Waals surface area contributed by atoms with Crippen LogP contribution in [0.4, 0.5) is 11.4 Å². The van der Waals surface area contributed by atoms with Crippen LogP contribution in [0.3, 0.4) is 0 Å². The third-order valence-corrected chi connectivity index (χ3v) is 3.34. The van der Waals surface area contributed by atoms with Gasteiger partial charge in [-0.3, -0.25) is 14.4 Å². The zero-order chi connectivity index (χ0) is 15.9. The third kappa shape index (κ3) is 4.05. The molecule has 0 fully saturated rings. The van der Waals surface area contributed by atoms with Gasteiger partial charge in [-0.1, -0.05) is 12.1 Å². The van der Waals surface area contributed by atoms with E-state index in [1.807, 2.05) is 0 Å². The van der Waals surface area contributed by atoms with Crippen LogP contribution in [0.25, 0.3) is 0 Å². The summed E-state index contributed by atoms with van der Waals surface area (Å²) in [6, 6.07) is 7.11. The van der Waals surface area contributed by atoms with E-state index in [1.165, 1.54) is 4.90 Å². The number of hydrogen-bond donors (Lipinski definition) is 3. The first kappa shape index (κ1) is 16.0. The summed E-state index contributed by atoms with van der Waals surface area (Å²) in [6.07, 6.45) is 0.874. The molecule has 1 heterocycles. The van der Waals surface area contributed by atoms with Crippen LogP contribution in [-0.4, -0.2) is 37.4 Å². The highest BCUT2D eigenvalue weighted by molar-refractivity contribution is 6.10. The van der Waals surface area contributed by atoms with Gasteiger partial charge in [0, 0.05) is 19.4 Å². The Balaban J connectivity index is 1.93. The number of anilines is 2. The van der Waals surface area contributed by atoms with Crippen molar-refractivity contribution >= 4 is 29.1 Å². The molecule has 0 atom stereocenters. The highest BCUT2D eigenvalue weighted by Gasteiger charge is 2.26. The summed E-state index contributed by atoms with van der Waals surface area (Å²) >= 11 is 0. The first-order valence-electron chi connectivity index (χ1n) is 7.28. The van der Waals surface area contributed by atoms with Crippen molar-refractivity contribution in [3.8, 4) is 0 Å². The van der Waals surface area contributed by atoms with Gasteiger partial charge in [0.25, 0.3) is 0 Å². The Kier molecular flexibility index (Phi) is 5.48. The molecule has 0 radical (unpaired) electrons. The van der Waals surface area contributed by atoms with E-state index in [4.69, 9.17) is 5.73 Å². The minimum Gasteiger partial charge on any atom is -0.356 e. The van der Waals surface area contributed by atoms with E-state index in [2.05, 4.69) is 10.6 Å². The predicted molar refractivity (Wildman–Crippen MR) is 83.3 cm³/mol. The fourth-order valence-corrected chi connectivity index (χ4v) is 2.23. The fraction of sp³-hybridized carbons (Fsp3) is 0.400. The number of nitrogens with one attached hydrogen (secondary N) is 2. The first-order chi connectivity index (χ1) is 10.6. The number of carbonyl (C=O) groups excluding carboxylic acids is 3. The number of benzene rings is 1. The molecule has 0 bridgehead atoms. The van der Waals surface area contributed by atoms with Crippen molar-refractivity contribution in [2.75, 3.05) is 29.9 Å². The lowest BCUT2D eigenvalue weighted by atomic mass is 10.1. The van der Waals surface area contributed by atoms with Gasteiger partial charge in [-0.2, -0.15) is 0 Å². The molecule has 0 aromatic heterocycles. The van der Waals surface area contributed by atoms with Gasteiger partial charge in [-0.05, 0) is 25.1 Å². The van der Waals surface area contributed by atoms with E-state index in [-0.39, 0.29) is 37.1 Å². The summed E-state index contributed by atoms with van der Waals surface area (Å²) in [6.45, 7) is 1.00. The number of amides is 3. The number of para-hydroxylation sites is 2. The van der Waals surface area contributed by atoms with Crippen molar-refractivity contribution in [3.05, 3.63) is 24.3 Å². The fourth-order valence-electron chi connectivity index (χ4n) is 2.23. The van der Waals surface area contributed by atoms with Crippen LogP contribution in [0, 0.1) is 0 Å². The Morgan fingerprint density at radius 2 is 2.05 bits per heavy atom. The smallest absolute Gasteiger partial charge is 0.244 e. The van der Waals surface area contributed by atoms with Gasteiger partial charge in [0.05, 0.1) is 11.4 Å². The first-order valence-corrected chi connectivity index (χ1v) is 7.28. The van der Waals surface area contributed by atoms with Gasteiger partial charge >= 0.3 is 0 Å². The van der Waals surface area contributed by atoms with Gasteiger partial charge in [0.15, 0.2) is 0 Å². The largest absolute Gasteiger partial charge is 0.356 e. The molecule has 1 aromatic rings. The zero-order valence-electron chi connectivity index (χ0n) is 12.3. The van der Waals surface area contributed by atoms with Crippen molar-refractivity contribution in [2.45, 2.75) is 19.3 Å². The van der Waals surface area contributed by atoms with Crippen LogP contribution in [-0.2, 0) is 14.4 Å². The number of nitrogens with zero attached hydrogens (tertiary/aromatic N) is 1. The Bertz CT molecular complexity index is 574. The molecule has 0 spiro atoms. The molecule has 118 valence electrons. The molecular formula is C15H20N4O3. The van der Waals surface area contributed by atoms with Crippen molar-refractivity contribution in [3.63, 3.8) is 0 Å². The average molecular weight is 304 g/mol. The van der Waals surface area contributed by atoms with E-state index in [0.29, 0.717) is 30.9 Å². The molecule has 1 aliphatic heterocycles. The number of hydrogen-bond acceptors (Lipinski definition) is 4. The monoisotopic (exact) mass is 304 g/mol. The summed E-state index contributed by atoms with van der Waals surface area (Å²) in [4.78, 5) is 37.0. The second-order valence-corrected chi connectivity index (χ2v) is 5.04. The van der Waals surface area contributed by atoms with Crippen LogP contribution >= 0.6 is 0 Å². The van der Waals surface area contributed by atoms with Crippen molar-refractivity contribution in [1.82, 2.24) is 5.32 Å². The topological polar surface area (TPSA) is 105 Å². The molecule has 0 saturated carbocycles. The number of carbonyl (C=O) groups is 3. The summed E-state index contributed by atoms with van der Waals surface area (Å²) in [5.41, 5.74) is 6.62. The summed E-state index contributed by atoms with van der Waals surface area (Å²) < 4.78 is 0. The Hall–Kier alpha value is -2.41. The Morgan fingerprint density at radius 1 is 1.27 bits per heavy atom. The minimum absolute atomic E-state index is 0.0232. The van der Waals surface area contributed by atoms with Crippen LogP contribution < -0.4 is 21.3 Å². The average Bonchev–Trinajstić information content (AvgIpc) is 2.52. The lowest BCUT2D eigenvalue weighted by Crippen LogP contribution is -2.42. The second-order valence-electron chi connectivity index (χ2n) is 5.04. The van der Waals surface area contributed by atoms with Crippen LogP contribution in [0.1, 0.15) is 19.3 Å². The van der Waals surface area contributed by atoms with E-state index >= 15 is 0 Å².